The molecule has 0 bridgehead atoms. The smallest absolute Gasteiger partial charge is 0.354 e. The highest BCUT2D eigenvalue weighted by Gasteiger charge is 2.01. The molecule has 2 aromatic rings. The summed E-state index contributed by atoms with van der Waals surface area (Å²) in [5, 5.41) is 0. The van der Waals surface area contributed by atoms with Crippen LogP contribution in [0.4, 0.5) is 5.69 Å². The predicted molar refractivity (Wildman–Crippen MR) is 78.0 cm³/mol. The van der Waals surface area contributed by atoms with E-state index in [1.54, 1.807) is 43.5 Å². The lowest BCUT2D eigenvalue weighted by Crippen LogP contribution is -2.08. The minimum absolute atomic E-state index is 0.502. The van der Waals surface area contributed by atoms with Crippen LogP contribution in [0.5, 0.6) is 11.5 Å². The Bertz CT molecular complexity index is 601. The van der Waals surface area contributed by atoms with Crippen LogP contribution in [0, 0.1) is 6.92 Å². The van der Waals surface area contributed by atoms with Gasteiger partial charge in [-0.3, -0.25) is 0 Å². The number of carbonyl (C=O) groups excluding carboxylic acids is 1. The largest absolute Gasteiger partial charge is 0.497 e. The molecule has 0 radical (unpaired) electrons. The van der Waals surface area contributed by atoms with E-state index in [4.69, 9.17) is 9.47 Å². The van der Waals surface area contributed by atoms with Gasteiger partial charge in [-0.25, -0.2) is 9.79 Å². The highest BCUT2D eigenvalue weighted by atomic mass is 16.5. The van der Waals surface area contributed by atoms with Crippen molar-refractivity contribution in [3.05, 3.63) is 54.1 Å². The molecule has 20 heavy (non-hydrogen) atoms. The molecular weight excluding hydrogens is 254 g/mol. The Labute approximate surface area is 117 Å². The number of methoxy groups -OCH3 is 1. The molecule has 0 saturated heterocycles. The normalized spacial score (nSPS) is 10.5. The van der Waals surface area contributed by atoms with Crippen molar-refractivity contribution in [1.29, 1.82) is 0 Å². The predicted octanol–water partition coefficient (Wildman–Crippen LogP) is 3.31. The van der Waals surface area contributed by atoms with Crippen molar-refractivity contribution in [2.45, 2.75) is 6.92 Å². The first kappa shape index (κ1) is 13.8. The molecule has 0 N–H and O–H groups in total. The fraction of sp³-hybridized carbons (Fsp3) is 0.125. The number of hydrogen-bond donors (Lipinski definition) is 0. The minimum atomic E-state index is -0.510. The Morgan fingerprint density at radius 2 is 1.60 bits per heavy atom. The highest BCUT2D eigenvalue weighted by Crippen LogP contribution is 2.17. The molecule has 0 saturated carbocycles. The third-order valence-corrected chi connectivity index (χ3v) is 2.63. The molecule has 4 nitrogen and oxygen atoms in total. The van der Waals surface area contributed by atoms with E-state index in [1.165, 1.54) is 0 Å². The summed E-state index contributed by atoms with van der Waals surface area (Å²) in [5.74, 6) is 0.734. The van der Waals surface area contributed by atoms with Gasteiger partial charge in [0.25, 0.3) is 0 Å². The van der Waals surface area contributed by atoms with E-state index in [0.717, 1.165) is 17.5 Å². The van der Waals surface area contributed by atoms with Gasteiger partial charge in [-0.2, -0.15) is 0 Å². The molecule has 0 fully saturated rings. The van der Waals surface area contributed by atoms with E-state index in [9.17, 15) is 4.79 Å². The molecule has 0 aromatic heterocycles. The van der Waals surface area contributed by atoms with E-state index in [0.29, 0.717) is 11.4 Å². The molecular formula is C16H15NO3. The van der Waals surface area contributed by atoms with Crippen LogP contribution in [-0.2, 0) is 4.79 Å². The number of rotatable bonds is 4. The van der Waals surface area contributed by atoms with Gasteiger partial charge in [-0.15, -0.1) is 0 Å². The van der Waals surface area contributed by atoms with E-state index in [-0.39, 0.29) is 0 Å². The Hall–Kier alpha value is -2.62. The van der Waals surface area contributed by atoms with Crippen LogP contribution in [0.1, 0.15) is 5.56 Å². The van der Waals surface area contributed by atoms with Crippen LogP contribution < -0.4 is 9.47 Å². The standard InChI is InChI=1S/C16H15NO3/c1-12-3-7-15(8-4-12)20-16(18)11-17-13-5-9-14(19-2)10-6-13/h3-11H,1-2H3. The van der Waals surface area contributed by atoms with Crippen LogP contribution in [0.2, 0.25) is 0 Å². The maximum absolute atomic E-state index is 11.6. The first-order chi connectivity index (χ1) is 9.67. The second-order valence-electron chi connectivity index (χ2n) is 4.19. The van der Waals surface area contributed by atoms with Crippen LogP contribution in [-0.4, -0.2) is 19.3 Å². The van der Waals surface area contributed by atoms with Crippen molar-refractivity contribution in [2.75, 3.05) is 7.11 Å². The molecule has 0 spiro atoms. The number of esters is 1. The van der Waals surface area contributed by atoms with Crippen molar-refractivity contribution < 1.29 is 14.3 Å². The second-order valence-corrected chi connectivity index (χ2v) is 4.19. The summed E-state index contributed by atoms with van der Waals surface area (Å²) >= 11 is 0. The van der Waals surface area contributed by atoms with E-state index >= 15 is 0 Å². The Morgan fingerprint density at radius 3 is 2.20 bits per heavy atom. The summed E-state index contributed by atoms with van der Waals surface area (Å²) in [5.41, 5.74) is 1.77. The van der Waals surface area contributed by atoms with Crippen LogP contribution in [0.15, 0.2) is 53.5 Å². The van der Waals surface area contributed by atoms with Crippen LogP contribution >= 0.6 is 0 Å². The summed E-state index contributed by atoms with van der Waals surface area (Å²) in [4.78, 5) is 15.6. The molecule has 0 amide bonds. The lowest BCUT2D eigenvalue weighted by Gasteiger charge is -2.01. The average molecular weight is 269 g/mol. The van der Waals surface area contributed by atoms with Gasteiger partial charge >= 0.3 is 5.97 Å². The average Bonchev–Trinajstić information content (AvgIpc) is 2.48. The summed E-state index contributed by atoms with van der Waals surface area (Å²) in [7, 11) is 1.59. The van der Waals surface area contributed by atoms with Gasteiger partial charge in [-0.1, -0.05) is 17.7 Å². The number of benzene rings is 2. The molecule has 4 heteroatoms. The Balaban J connectivity index is 1.96. The van der Waals surface area contributed by atoms with E-state index < -0.39 is 5.97 Å². The molecule has 2 aromatic carbocycles. The van der Waals surface area contributed by atoms with E-state index in [1.807, 2.05) is 19.1 Å². The topological polar surface area (TPSA) is 47.9 Å². The maximum Gasteiger partial charge on any atom is 0.354 e. The van der Waals surface area contributed by atoms with Crippen molar-refractivity contribution in [3.63, 3.8) is 0 Å². The zero-order valence-corrected chi connectivity index (χ0v) is 11.4. The van der Waals surface area contributed by atoms with Crippen LogP contribution in [0.25, 0.3) is 0 Å². The molecule has 2 rings (SSSR count). The Kier molecular flexibility index (Phi) is 4.50. The summed E-state index contributed by atoms with van der Waals surface area (Å²) < 4.78 is 10.2. The summed E-state index contributed by atoms with van der Waals surface area (Å²) in [6, 6.07) is 14.3. The fourth-order valence-electron chi connectivity index (χ4n) is 1.54. The monoisotopic (exact) mass is 269 g/mol. The summed E-state index contributed by atoms with van der Waals surface area (Å²) in [6.45, 7) is 1.97. The molecule has 0 atom stereocenters. The molecule has 102 valence electrons. The highest BCUT2D eigenvalue weighted by molar-refractivity contribution is 6.24. The maximum atomic E-state index is 11.6. The third-order valence-electron chi connectivity index (χ3n) is 2.63. The number of nitrogens with zero attached hydrogens (tertiary/aromatic N) is 1. The third kappa shape index (κ3) is 3.95. The Morgan fingerprint density at radius 1 is 1.00 bits per heavy atom. The number of ether oxygens (including phenoxy) is 2. The van der Waals surface area contributed by atoms with Crippen molar-refractivity contribution in [1.82, 2.24) is 0 Å². The molecule has 0 aliphatic heterocycles. The minimum Gasteiger partial charge on any atom is -0.497 e. The zero-order valence-electron chi connectivity index (χ0n) is 11.4. The molecule has 0 aliphatic rings. The molecule has 0 aliphatic carbocycles. The van der Waals surface area contributed by atoms with Gasteiger partial charge in [-0.05, 0) is 43.3 Å². The zero-order chi connectivity index (χ0) is 14.4. The lowest BCUT2D eigenvalue weighted by molar-refractivity contribution is -0.126. The van der Waals surface area contributed by atoms with Gasteiger partial charge in [0.15, 0.2) is 0 Å². The first-order valence-corrected chi connectivity index (χ1v) is 6.14. The summed E-state index contributed by atoms with van der Waals surface area (Å²) in [6.07, 6.45) is 1.15. The van der Waals surface area contributed by atoms with Gasteiger partial charge in [0.1, 0.15) is 17.7 Å². The number of carbonyl (C=O) groups is 1. The quantitative estimate of drug-likeness (QED) is 0.486. The molecule has 0 heterocycles. The number of hydrogen-bond acceptors (Lipinski definition) is 4. The number of aryl methyl sites for hydroxylation is 1. The van der Waals surface area contributed by atoms with Gasteiger partial charge in [0.2, 0.25) is 0 Å². The number of aliphatic imine (C=N–C) groups is 1. The van der Waals surface area contributed by atoms with Crippen molar-refractivity contribution >= 4 is 17.9 Å². The van der Waals surface area contributed by atoms with Gasteiger partial charge in [0.05, 0.1) is 12.8 Å². The van der Waals surface area contributed by atoms with Crippen molar-refractivity contribution in [3.8, 4) is 11.5 Å². The first-order valence-electron chi connectivity index (χ1n) is 6.14. The second kappa shape index (κ2) is 6.52. The van der Waals surface area contributed by atoms with Crippen molar-refractivity contribution in [2.24, 2.45) is 4.99 Å². The van der Waals surface area contributed by atoms with Gasteiger partial charge in [0, 0.05) is 0 Å². The van der Waals surface area contributed by atoms with E-state index in [2.05, 4.69) is 4.99 Å². The fourth-order valence-corrected chi connectivity index (χ4v) is 1.54. The lowest BCUT2D eigenvalue weighted by atomic mass is 10.2. The molecule has 0 unspecified atom stereocenters. The van der Waals surface area contributed by atoms with Crippen LogP contribution in [0.3, 0.4) is 0 Å². The van der Waals surface area contributed by atoms with Gasteiger partial charge < -0.3 is 9.47 Å². The SMILES string of the molecule is COc1ccc(N=CC(=O)Oc2ccc(C)cc2)cc1.